The molecule has 0 N–H and O–H groups in total. The van der Waals surface area contributed by atoms with Gasteiger partial charge >= 0.3 is 6.18 Å². The van der Waals surface area contributed by atoms with Gasteiger partial charge in [-0.2, -0.15) is 13.2 Å². The maximum atomic E-state index is 12.7. The highest BCUT2D eigenvalue weighted by atomic mass is 19.4. The van der Waals surface area contributed by atoms with E-state index in [2.05, 4.69) is 9.88 Å². The van der Waals surface area contributed by atoms with Crippen molar-refractivity contribution in [3.8, 4) is 0 Å². The summed E-state index contributed by atoms with van der Waals surface area (Å²) in [5.41, 5.74) is -1.86. The molecule has 6 nitrogen and oxygen atoms in total. The van der Waals surface area contributed by atoms with Gasteiger partial charge in [0.25, 0.3) is 5.56 Å². The predicted octanol–water partition coefficient (Wildman–Crippen LogP) is 1.84. The molecule has 2 saturated heterocycles. The molecule has 1 unspecified atom stereocenters. The Labute approximate surface area is 156 Å². The summed E-state index contributed by atoms with van der Waals surface area (Å²) in [6.45, 7) is 3.42. The Bertz CT molecular complexity index is 726. The lowest BCUT2D eigenvalue weighted by Gasteiger charge is -2.37. The van der Waals surface area contributed by atoms with Crippen LogP contribution in [0.2, 0.25) is 0 Å². The smallest absolute Gasteiger partial charge is 0.342 e. The maximum absolute atomic E-state index is 12.7. The van der Waals surface area contributed by atoms with E-state index in [4.69, 9.17) is 0 Å². The van der Waals surface area contributed by atoms with Crippen LogP contribution in [0.1, 0.15) is 31.4 Å². The summed E-state index contributed by atoms with van der Waals surface area (Å²) in [4.78, 5) is 32.0. The van der Waals surface area contributed by atoms with Gasteiger partial charge in [-0.25, -0.2) is 4.98 Å². The molecule has 2 fully saturated rings. The maximum Gasteiger partial charge on any atom is 0.433 e. The van der Waals surface area contributed by atoms with Crippen molar-refractivity contribution < 1.29 is 18.0 Å². The lowest BCUT2D eigenvalue weighted by Crippen LogP contribution is -2.47. The van der Waals surface area contributed by atoms with Crippen molar-refractivity contribution in [2.75, 3.05) is 33.2 Å². The van der Waals surface area contributed by atoms with Gasteiger partial charge in [-0.3, -0.25) is 14.2 Å². The van der Waals surface area contributed by atoms with E-state index in [1.54, 1.807) is 0 Å². The van der Waals surface area contributed by atoms with Crippen LogP contribution in [0.15, 0.2) is 17.2 Å². The highest BCUT2D eigenvalue weighted by Crippen LogP contribution is 2.26. The van der Waals surface area contributed by atoms with E-state index in [9.17, 15) is 22.8 Å². The zero-order valence-electron chi connectivity index (χ0n) is 15.4. The molecule has 0 bridgehead atoms. The summed E-state index contributed by atoms with van der Waals surface area (Å²) in [7, 11) is 2.03. The summed E-state index contributed by atoms with van der Waals surface area (Å²) in [6.07, 6.45) is -0.204. The third kappa shape index (κ3) is 4.88. The molecular weight excluding hydrogens is 361 g/mol. The minimum absolute atomic E-state index is 0.0574. The van der Waals surface area contributed by atoms with Gasteiger partial charge in [0.15, 0.2) is 5.69 Å². The molecule has 0 aromatic carbocycles. The number of amides is 1. The minimum atomic E-state index is -4.61. The van der Waals surface area contributed by atoms with Crippen LogP contribution in [-0.4, -0.2) is 58.5 Å². The second-order valence-electron chi connectivity index (χ2n) is 7.63. The molecule has 150 valence electrons. The Morgan fingerprint density at radius 1 is 1.22 bits per heavy atom. The van der Waals surface area contributed by atoms with Crippen LogP contribution in [0.3, 0.4) is 0 Å². The summed E-state index contributed by atoms with van der Waals surface area (Å²) < 4.78 is 39.0. The minimum Gasteiger partial charge on any atom is -0.342 e. The Morgan fingerprint density at radius 2 is 1.93 bits per heavy atom. The van der Waals surface area contributed by atoms with Crippen molar-refractivity contribution in [1.29, 1.82) is 0 Å². The Hall–Kier alpha value is -1.90. The van der Waals surface area contributed by atoms with Gasteiger partial charge in [-0.05, 0) is 45.2 Å². The fourth-order valence-electron chi connectivity index (χ4n) is 3.96. The number of rotatable bonds is 3. The van der Waals surface area contributed by atoms with Crippen molar-refractivity contribution in [2.24, 2.45) is 11.8 Å². The number of piperidine rings is 2. The van der Waals surface area contributed by atoms with Crippen LogP contribution < -0.4 is 5.56 Å². The first-order valence-corrected chi connectivity index (χ1v) is 9.35. The Morgan fingerprint density at radius 3 is 2.52 bits per heavy atom. The molecule has 0 radical (unpaired) electrons. The molecule has 0 spiro atoms. The van der Waals surface area contributed by atoms with E-state index in [1.165, 1.54) is 4.57 Å². The number of halogens is 3. The fraction of sp³-hybridized carbons (Fsp3) is 0.722. The number of carbonyl (C=O) groups excluding carboxylic acids is 1. The van der Waals surface area contributed by atoms with E-state index in [-0.39, 0.29) is 17.7 Å². The average Bonchev–Trinajstić information content (AvgIpc) is 2.62. The number of nitrogens with zero attached hydrogens (tertiary/aromatic N) is 4. The Kier molecular flexibility index (Phi) is 5.88. The van der Waals surface area contributed by atoms with Crippen molar-refractivity contribution in [1.82, 2.24) is 19.4 Å². The monoisotopic (exact) mass is 386 g/mol. The zero-order valence-corrected chi connectivity index (χ0v) is 15.4. The first kappa shape index (κ1) is 19.9. The van der Waals surface area contributed by atoms with Gasteiger partial charge in [0.2, 0.25) is 5.91 Å². The fourth-order valence-corrected chi connectivity index (χ4v) is 3.96. The van der Waals surface area contributed by atoms with Gasteiger partial charge in [0.1, 0.15) is 0 Å². The molecule has 3 heterocycles. The lowest BCUT2D eigenvalue weighted by atomic mass is 9.93. The molecule has 1 atom stereocenters. The largest absolute Gasteiger partial charge is 0.433 e. The van der Waals surface area contributed by atoms with Crippen molar-refractivity contribution in [2.45, 2.75) is 38.4 Å². The summed E-state index contributed by atoms with van der Waals surface area (Å²) in [6, 6.07) is 0.540. The van der Waals surface area contributed by atoms with E-state index < -0.39 is 17.4 Å². The topological polar surface area (TPSA) is 58.4 Å². The van der Waals surface area contributed by atoms with E-state index in [1.807, 2.05) is 11.9 Å². The van der Waals surface area contributed by atoms with E-state index in [0.29, 0.717) is 25.7 Å². The summed E-state index contributed by atoms with van der Waals surface area (Å²) >= 11 is 0. The average molecular weight is 386 g/mol. The molecule has 1 aromatic heterocycles. The number of carbonyl (C=O) groups is 1. The highest BCUT2D eigenvalue weighted by molar-refractivity contribution is 5.79. The van der Waals surface area contributed by atoms with Crippen LogP contribution in [0, 0.1) is 11.8 Å². The molecule has 0 saturated carbocycles. The normalized spacial score (nSPS) is 22.8. The van der Waals surface area contributed by atoms with Gasteiger partial charge in [-0.1, -0.05) is 0 Å². The first-order valence-electron chi connectivity index (χ1n) is 9.35. The molecule has 3 rings (SSSR count). The van der Waals surface area contributed by atoms with Gasteiger partial charge in [0.05, 0.1) is 12.2 Å². The number of aromatic nitrogens is 2. The lowest BCUT2D eigenvalue weighted by molar-refractivity contribution is -0.141. The van der Waals surface area contributed by atoms with Crippen molar-refractivity contribution in [3.05, 3.63) is 28.4 Å². The summed E-state index contributed by atoms with van der Waals surface area (Å²) in [5.74, 6) is 0.412. The van der Waals surface area contributed by atoms with Crippen LogP contribution in [0.4, 0.5) is 13.2 Å². The molecule has 9 heteroatoms. The quantitative estimate of drug-likeness (QED) is 0.796. The zero-order chi connectivity index (χ0) is 19.6. The number of likely N-dealkylation sites (tertiary alicyclic amines) is 2. The van der Waals surface area contributed by atoms with Crippen LogP contribution in [-0.2, 0) is 17.5 Å². The van der Waals surface area contributed by atoms with Crippen molar-refractivity contribution in [3.63, 3.8) is 0 Å². The SMILES string of the molecule is CN1CCCC(C(=O)N2CCC(Cn3cnc(C(F)(F)F)cc3=O)CC2)C1. The second kappa shape index (κ2) is 8.00. The van der Waals surface area contributed by atoms with Crippen LogP contribution >= 0.6 is 0 Å². The summed E-state index contributed by atoms with van der Waals surface area (Å²) in [5, 5.41) is 0. The number of hydrogen-bond donors (Lipinski definition) is 0. The van der Waals surface area contributed by atoms with Gasteiger partial charge < -0.3 is 9.80 Å². The molecule has 0 aliphatic carbocycles. The van der Waals surface area contributed by atoms with E-state index in [0.717, 1.165) is 45.1 Å². The Balaban J connectivity index is 1.54. The first-order chi connectivity index (χ1) is 12.7. The number of alkyl halides is 3. The molecule has 2 aliphatic heterocycles. The third-order valence-electron chi connectivity index (χ3n) is 5.52. The van der Waals surface area contributed by atoms with Crippen LogP contribution in [0.5, 0.6) is 0 Å². The molecule has 1 amide bonds. The molecular formula is C18H25F3N4O2. The van der Waals surface area contributed by atoms with Crippen LogP contribution in [0.25, 0.3) is 0 Å². The molecule has 2 aliphatic rings. The third-order valence-corrected chi connectivity index (χ3v) is 5.52. The van der Waals surface area contributed by atoms with E-state index >= 15 is 0 Å². The number of hydrogen-bond acceptors (Lipinski definition) is 4. The highest BCUT2D eigenvalue weighted by Gasteiger charge is 2.33. The molecule has 27 heavy (non-hydrogen) atoms. The van der Waals surface area contributed by atoms with Gasteiger partial charge in [-0.15, -0.1) is 0 Å². The standard InChI is InChI=1S/C18H25F3N4O2/c1-23-6-2-3-14(11-23)17(27)24-7-4-13(5-8-24)10-25-12-22-15(9-16(25)26)18(19,20)21/h9,12-14H,2-8,10-11H2,1H3. The van der Waals surface area contributed by atoms with Crippen molar-refractivity contribution >= 4 is 5.91 Å². The second-order valence-corrected chi connectivity index (χ2v) is 7.63. The predicted molar refractivity (Wildman–Crippen MR) is 93.0 cm³/mol. The molecule has 1 aromatic rings. The van der Waals surface area contributed by atoms with Gasteiger partial charge in [0, 0.05) is 32.2 Å².